The molecule has 3 N–H and O–H groups in total. The summed E-state index contributed by atoms with van der Waals surface area (Å²) in [4.78, 5) is 31.4. The Hall–Kier alpha value is -3.11. The average molecular weight is 616 g/mol. The van der Waals surface area contributed by atoms with Gasteiger partial charge >= 0.3 is 0 Å². The molecule has 216 valence electrons. The molecule has 0 saturated carbocycles. The summed E-state index contributed by atoms with van der Waals surface area (Å²) in [5.41, 5.74) is 4.98. The molecule has 0 bridgehead atoms. The maximum atomic E-state index is 13.3. The molecular formula is C30H32Cl2N4O4S. The lowest BCUT2D eigenvalue weighted by atomic mass is 10.0. The van der Waals surface area contributed by atoms with E-state index in [0.29, 0.717) is 41.2 Å². The summed E-state index contributed by atoms with van der Waals surface area (Å²) in [7, 11) is -3.83. The molecule has 5 rings (SSSR count). The molecule has 2 aliphatic rings. The molecule has 2 aromatic carbocycles. The van der Waals surface area contributed by atoms with Gasteiger partial charge in [0.2, 0.25) is 5.91 Å². The molecule has 1 saturated heterocycles. The molecule has 1 aromatic heterocycles. The number of hydrogen-bond acceptors (Lipinski definition) is 5. The summed E-state index contributed by atoms with van der Waals surface area (Å²) in [5.74, 6) is -0.648. The van der Waals surface area contributed by atoms with Gasteiger partial charge in [-0.15, -0.1) is 0 Å². The molecule has 2 atom stereocenters. The van der Waals surface area contributed by atoms with E-state index in [4.69, 9.17) is 23.2 Å². The lowest BCUT2D eigenvalue weighted by Crippen LogP contribution is -2.56. The minimum Gasteiger partial charge on any atom is -0.359 e. The number of nitrogens with one attached hydrogen (secondary N) is 3. The first kappa shape index (κ1) is 29.4. The third-order valence-corrected chi connectivity index (χ3v) is 10.0. The first-order chi connectivity index (χ1) is 19.3. The third kappa shape index (κ3) is 5.95. The second-order valence-corrected chi connectivity index (χ2v) is 13.7. The maximum absolute atomic E-state index is 13.3. The van der Waals surface area contributed by atoms with Crippen LogP contribution in [0.2, 0.25) is 10.0 Å². The molecule has 2 amide bonds. The van der Waals surface area contributed by atoms with Gasteiger partial charge in [0.1, 0.15) is 0 Å². The number of hydrogen-bond donors (Lipinski definition) is 3. The van der Waals surface area contributed by atoms with Crippen molar-refractivity contribution in [3.63, 3.8) is 0 Å². The topological polar surface area (TPSA) is 111 Å². The fourth-order valence-corrected chi connectivity index (χ4v) is 7.73. The second kappa shape index (κ2) is 11.3. The van der Waals surface area contributed by atoms with E-state index in [0.717, 1.165) is 16.8 Å². The number of nitrogens with zero attached hydrogens (tertiary/aromatic N) is 1. The Bertz CT molecular complexity index is 1670. The number of sulfone groups is 1. The van der Waals surface area contributed by atoms with E-state index >= 15 is 0 Å². The summed E-state index contributed by atoms with van der Waals surface area (Å²) in [5, 5.41) is 6.80. The summed E-state index contributed by atoms with van der Waals surface area (Å²) in [6.07, 6.45) is 1.97. The van der Waals surface area contributed by atoms with Crippen LogP contribution < -0.4 is 10.6 Å². The number of rotatable bonds is 6. The highest BCUT2D eigenvalue weighted by Gasteiger charge is 2.29. The van der Waals surface area contributed by atoms with Gasteiger partial charge in [0, 0.05) is 63.4 Å². The Balaban J connectivity index is 1.44. The Morgan fingerprint density at radius 2 is 1.71 bits per heavy atom. The molecule has 0 unspecified atom stereocenters. The van der Waals surface area contributed by atoms with Gasteiger partial charge in [-0.2, -0.15) is 0 Å². The lowest BCUT2D eigenvalue weighted by molar-refractivity contribution is -0.132. The van der Waals surface area contributed by atoms with E-state index < -0.39 is 9.84 Å². The van der Waals surface area contributed by atoms with Crippen molar-refractivity contribution in [2.75, 3.05) is 18.4 Å². The summed E-state index contributed by atoms with van der Waals surface area (Å²) >= 11 is 12.4. The second-order valence-electron chi connectivity index (χ2n) is 10.9. The molecule has 41 heavy (non-hydrogen) atoms. The van der Waals surface area contributed by atoms with Crippen LogP contribution in [0.4, 0.5) is 5.69 Å². The normalized spacial score (nSPS) is 19.9. The summed E-state index contributed by atoms with van der Waals surface area (Å²) in [6.45, 7) is 9.29. The van der Waals surface area contributed by atoms with Crippen LogP contribution in [0.3, 0.4) is 0 Å². The van der Waals surface area contributed by atoms with E-state index in [9.17, 15) is 18.0 Å². The van der Waals surface area contributed by atoms with Crippen LogP contribution in [0.1, 0.15) is 47.5 Å². The fraction of sp³-hybridized carbons (Fsp3) is 0.333. The highest BCUT2D eigenvalue weighted by molar-refractivity contribution is 7.90. The molecule has 8 nitrogen and oxygen atoms in total. The van der Waals surface area contributed by atoms with Crippen LogP contribution >= 0.6 is 23.2 Å². The standard InChI is InChI=1S/C30H32Cl2N4O4S/c1-16-13-36(14-17(2)33-16)29(37)12-21-18(3)28(34-19(21)4)11-23-22-10-20(8-9-27(22)35-30(23)38)41(39,40)15-24-25(31)6-5-7-26(24)32/h5-11,16-17,33-34H,12-15H2,1-4H3,(H,35,38)/b23-11-/t16-,17+. The number of fused-ring (bicyclic) bond motifs is 1. The zero-order chi connectivity index (χ0) is 29.6. The van der Waals surface area contributed by atoms with Gasteiger partial charge in [-0.25, -0.2) is 8.42 Å². The summed E-state index contributed by atoms with van der Waals surface area (Å²) in [6, 6.07) is 9.86. The van der Waals surface area contributed by atoms with Gasteiger partial charge in [0.05, 0.1) is 22.6 Å². The monoisotopic (exact) mass is 614 g/mol. The van der Waals surface area contributed by atoms with Gasteiger partial charge in [-0.05, 0) is 75.2 Å². The van der Waals surface area contributed by atoms with Gasteiger partial charge < -0.3 is 20.5 Å². The van der Waals surface area contributed by atoms with Crippen LogP contribution in [-0.2, 0) is 31.6 Å². The number of anilines is 1. The first-order valence-electron chi connectivity index (χ1n) is 13.4. The lowest BCUT2D eigenvalue weighted by Gasteiger charge is -2.36. The van der Waals surface area contributed by atoms with Gasteiger partial charge in [-0.3, -0.25) is 9.59 Å². The minimum atomic E-state index is -3.83. The number of aryl methyl sites for hydroxylation is 1. The van der Waals surface area contributed by atoms with Crippen molar-refractivity contribution in [1.29, 1.82) is 0 Å². The van der Waals surface area contributed by atoms with Crippen molar-refractivity contribution in [2.24, 2.45) is 0 Å². The molecule has 0 spiro atoms. The van der Waals surface area contributed by atoms with Crippen LogP contribution in [0.5, 0.6) is 0 Å². The van der Waals surface area contributed by atoms with Crippen molar-refractivity contribution in [3.8, 4) is 0 Å². The number of H-pyrrole nitrogens is 1. The zero-order valence-corrected chi connectivity index (χ0v) is 25.6. The molecular weight excluding hydrogens is 583 g/mol. The molecule has 11 heteroatoms. The predicted octanol–water partition coefficient (Wildman–Crippen LogP) is 5.16. The summed E-state index contributed by atoms with van der Waals surface area (Å²) < 4.78 is 26.7. The smallest absolute Gasteiger partial charge is 0.256 e. The Kier molecular flexibility index (Phi) is 8.09. The molecule has 0 radical (unpaired) electrons. The number of carbonyl (C=O) groups excluding carboxylic acids is 2. The van der Waals surface area contributed by atoms with Crippen LogP contribution in [0.15, 0.2) is 41.3 Å². The van der Waals surface area contributed by atoms with Gasteiger partial charge in [-0.1, -0.05) is 29.3 Å². The van der Waals surface area contributed by atoms with E-state index in [2.05, 4.69) is 29.5 Å². The molecule has 2 aliphatic heterocycles. The van der Waals surface area contributed by atoms with Gasteiger partial charge in [0.25, 0.3) is 5.91 Å². The largest absolute Gasteiger partial charge is 0.359 e. The van der Waals surface area contributed by atoms with Crippen molar-refractivity contribution < 1.29 is 18.0 Å². The Labute approximate surface area is 250 Å². The minimum absolute atomic E-state index is 0.0554. The number of aromatic amines is 1. The van der Waals surface area contributed by atoms with Crippen LogP contribution in [0.25, 0.3) is 11.6 Å². The van der Waals surface area contributed by atoms with Crippen molar-refractivity contribution in [2.45, 2.75) is 56.8 Å². The predicted molar refractivity (Wildman–Crippen MR) is 163 cm³/mol. The highest BCUT2D eigenvalue weighted by atomic mass is 35.5. The first-order valence-corrected chi connectivity index (χ1v) is 15.8. The average Bonchev–Trinajstić information content (AvgIpc) is 3.35. The van der Waals surface area contributed by atoms with Crippen molar-refractivity contribution in [3.05, 3.63) is 80.1 Å². The number of amides is 2. The quantitative estimate of drug-likeness (QED) is 0.332. The number of carbonyl (C=O) groups is 2. The Morgan fingerprint density at radius 3 is 2.37 bits per heavy atom. The molecule has 3 aromatic rings. The third-order valence-electron chi connectivity index (χ3n) is 7.69. The number of halogens is 2. The van der Waals surface area contributed by atoms with E-state index in [1.54, 1.807) is 30.3 Å². The highest BCUT2D eigenvalue weighted by Crippen LogP contribution is 2.37. The van der Waals surface area contributed by atoms with Crippen molar-refractivity contribution in [1.82, 2.24) is 15.2 Å². The molecule has 0 aliphatic carbocycles. The van der Waals surface area contributed by atoms with E-state index in [-0.39, 0.29) is 51.0 Å². The molecule has 1 fully saturated rings. The van der Waals surface area contributed by atoms with E-state index in [1.807, 2.05) is 18.7 Å². The Morgan fingerprint density at radius 1 is 1.05 bits per heavy atom. The number of aromatic nitrogens is 1. The SMILES string of the molecule is Cc1[nH]c(/C=C2\C(=O)Nc3ccc(S(=O)(=O)Cc4c(Cl)cccc4Cl)cc32)c(C)c1CC(=O)N1C[C@@H](C)N[C@@H](C)C1. The van der Waals surface area contributed by atoms with Crippen LogP contribution in [-0.4, -0.2) is 55.3 Å². The molecule has 3 heterocycles. The zero-order valence-electron chi connectivity index (χ0n) is 23.3. The van der Waals surface area contributed by atoms with Crippen molar-refractivity contribution >= 4 is 62.2 Å². The maximum Gasteiger partial charge on any atom is 0.256 e. The van der Waals surface area contributed by atoms with Crippen LogP contribution in [0, 0.1) is 13.8 Å². The number of piperazine rings is 1. The van der Waals surface area contributed by atoms with Gasteiger partial charge in [0.15, 0.2) is 9.84 Å². The van der Waals surface area contributed by atoms with E-state index in [1.165, 1.54) is 12.1 Å². The fourth-order valence-electron chi connectivity index (χ4n) is 5.61. The number of benzene rings is 2.